The van der Waals surface area contributed by atoms with Gasteiger partial charge in [-0.1, -0.05) is 6.07 Å². The molecular formula is C20H19N5O2. The van der Waals surface area contributed by atoms with Gasteiger partial charge in [0.2, 0.25) is 0 Å². The number of nitrogens with zero attached hydrogens (tertiary/aromatic N) is 4. The lowest BCUT2D eigenvalue weighted by molar-refractivity contribution is -0.130. The van der Waals surface area contributed by atoms with Crippen LogP contribution in [-0.4, -0.2) is 39.6 Å². The number of fused-ring (bicyclic) bond motifs is 1. The average Bonchev–Trinajstić information content (AvgIpc) is 3.48. The average molecular weight is 361 g/mol. The molecule has 4 heterocycles. The lowest BCUT2D eigenvalue weighted by Crippen LogP contribution is -2.48. The van der Waals surface area contributed by atoms with Gasteiger partial charge in [-0.15, -0.1) is 0 Å². The van der Waals surface area contributed by atoms with Crippen LogP contribution in [0.3, 0.4) is 0 Å². The quantitative estimate of drug-likeness (QED) is 0.767. The lowest BCUT2D eigenvalue weighted by Gasteiger charge is -2.32. The van der Waals surface area contributed by atoms with Crippen molar-refractivity contribution in [1.29, 1.82) is 0 Å². The fourth-order valence-electron chi connectivity index (χ4n) is 3.39. The highest BCUT2D eigenvalue weighted by molar-refractivity contribution is 5.94. The summed E-state index contributed by atoms with van der Waals surface area (Å²) in [6.45, 7) is 1.06. The first-order valence-corrected chi connectivity index (χ1v) is 9.03. The summed E-state index contributed by atoms with van der Waals surface area (Å²) in [7, 11) is 0. The van der Waals surface area contributed by atoms with Crippen molar-refractivity contribution in [2.24, 2.45) is 5.73 Å². The van der Waals surface area contributed by atoms with Gasteiger partial charge in [-0.3, -0.25) is 14.7 Å². The van der Waals surface area contributed by atoms with Gasteiger partial charge in [0.05, 0.1) is 34.7 Å². The molecular weight excluding hydrogens is 342 g/mol. The van der Waals surface area contributed by atoms with Crippen LogP contribution in [0.15, 0.2) is 42.6 Å². The topological polar surface area (TPSA) is 94.2 Å². The summed E-state index contributed by atoms with van der Waals surface area (Å²) in [6.07, 6.45) is 3.78. The second kappa shape index (κ2) is 6.07. The van der Waals surface area contributed by atoms with E-state index in [1.807, 2.05) is 36.4 Å². The number of carbonyl (C=O) groups is 1. The monoisotopic (exact) mass is 361 g/mol. The summed E-state index contributed by atoms with van der Waals surface area (Å²) in [4.78, 5) is 27.8. The first-order chi connectivity index (χ1) is 13.2. The molecule has 1 aliphatic heterocycles. The van der Waals surface area contributed by atoms with Gasteiger partial charge in [0.15, 0.2) is 0 Å². The van der Waals surface area contributed by atoms with Crippen LogP contribution in [0.2, 0.25) is 0 Å². The van der Waals surface area contributed by atoms with Gasteiger partial charge in [0, 0.05) is 18.1 Å². The Morgan fingerprint density at radius 1 is 1.15 bits per heavy atom. The second-order valence-corrected chi connectivity index (χ2v) is 7.10. The van der Waals surface area contributed by atoms with Crippen LogP contribution in [-0.2, 0) is 16.1 Å². The van der Waals surface area contributed by atoms with Crippen LogP contribution < -0.4 is 10.6 Å². The lowest BCUT2D eigenvalue weighted by atomic mass is 10.2. The fourth-order valence-corrected chi connectivity index (χ4v) is 3.39. The number of carbonyl (C=O) groups excluding carboxylic acids is 1. The molecule has 7 nitrogen and oxygen atoms in total. The largest absolute Gasteiger partial charge is 0.363 e. The van der Waals surface area contributed by atoms with E-state index in [2.05, 4.69) is 4.98 Å². The number of nitrogens with two attached hydrogens (primary N) is 1. The highest BCUT2D eigenvalue weighted by atomic mass is 16.5. The van der Waals surface area contributed by atoms with E-state index in [9.17, 15) is 4.79 Å². The zero-order valence-electron chi connectivity index (χ0n) is 14.8. The predicted octanol–water partition coefficient (Wildman–Crippen LogP) is 2.05. The Morgan fingerprint density at radius 2 is 2.00 bits per heavy atom. The van der Waals surface area contributed by atoms with Crippen LogP contribution in [0.5, 0.6) is 0 Å². The van der Waals surface area contributed by atoms with Gasteiger partial charge in [-0.05, 0) is 43.2 Å². The molecule has 1 spiro atoms. The standard InChI is InChI=1S/C20H19N5O2/c21-9-14-8-17-13(10-22-14)4-5-16(23-17)15-2-1-3-18(24-15)25-12-20(6-7-20)27-11-19(25)26/h1-5,8,10H,6-7,9,11-12,21H2. The molecule has 27 heavy (non-hydrogen) atoms. The van der Waals surface area contributed by atoms with E-state index in [-0.39, 0.29) is 18.1 Å². The highest BCUT2D eigenvalue weighted by Crippen LogP contribution is 2.43. The van der Waals surface area contributed by atoms with E-state index in [1.54, 1.807) is 11.1 Å². The first-order valence-electron chi connectivity index (χ1n) is 9.03. The molecule has 5 rings (SSSR count). The number of pyridine rings is 3. The number of anilines is 1. The predicted molar refractivity (Wildman–Crippen MR) is 101 cm³/mol. The van der Waals surface area contributed by atoms with Gasteiger partial charge in [0.1, 0.15) is 12.4 Å². The minimum absolute atomic E-state index is 0.0534. The van der Waals surface area contributed by atoms with E-state index in [1.165, 1.54) is 0 Å². The van der Waals surface area contributed by atoms with Gasteiger partial charge >= 0.3 is 0 Å². The molecule has 2 N–H and O–H groups in total. The molecule has 1 saturated heterocycles. The Kier molecular flexibility index (Phi) is 3.66. The SMILES string of the molecule is NCc1cc2nc(-c3cccc(N4CC5(CC5)OCC4=O)n3)ccc2cn1. The third kappa shape index (κ3) is 2.94. The number of aromatic nitrogens is 3. The Labute approximate surface area is 156 Å². The molecule has 3 aromatic heterocycles. The van der Waals surface area contributed by atoms with Crippen molar-refractivity contribution in [3.05, 3.63) is 48.3 Å². The van der Waals surface area contributed by atoms with Crippen molar-refractivity contribution in [2.45, 2.75) is 25.0 Å². The molecule has 0 radical (unpaired) electrons. The van der Waals surface area contributed by atoms with E-state index >= 15 is 0 Å². The molecule has 1 amide bonds. The van der Waals surface area contributed by atoms with Crippen LogP contribution >= 0.6 is 0 Å². The summed E-state index contributed by atoms with van der Waals surface area (Å²) >= 11 is 0. The van der Waals surface area contributed by atoms with E-state index < -0.39 is 0 Å². The van der Waals surface area contributed by atoms with E-state index in [0.29, 0.717) is 18.9 Å². The van der Waals surface area contributed by atoms with E-state index in [4.69, 9.17) is 20.4 Å². The highest BCUT2D eigenvalue weighted by Gasteiger charge is 2.50. The number of morpholine rings is 1. The summed E-state index contributed by atoms with van der Waals surface area (Å²) in [5, 5.41) is 0.950. The van der Waals surface area contributed by atoms with Crippen LogP contribution in [0.25, 0.3) is 22.3 Å². The normalized spacial score (nSPS) is 18.3. The zero-order chi connectivity index (χ0) is 18.4. The Balaban J connectivity index is 1.51. The molecule has 0 bridgehead atoms. The summed E-state index contributed by atoms with van der Waals surface area (Å²) < 4.78 is 5.68. The van der Waals surface area contributed by atoms with Crippen molar-refractivity contribution in [2.75, 3.05) is 18.1 Å². The molecule has 2 fully saturated rings. The van der Waals surface area contributed by atoms with Crippen molar-refractivity contribution >= 4 is 22.6 Å². The maximum atomic E-state index is 12.3. The molecule has 3 aromatic rings. The zero-order valence-corrected chi connectivity index (χ0v) is 14.8. The summed E-state index contributed by atoms with van der Waals surface area (Å²) in [6, 6.07) is 11.5. The van der Waals surface area contributed by atoms with Gasteiger partial charge in [0.25, 0.3) is 5.91 Å². The third-order valence-electron chi connectivity index (χ3n) is 5.17. The summed E-state index contributed by atoms with van der Waals surface area (Å²) in [5.41, 5.74) is 8.63. The Hall–Kier alpha value is -2.90. The molecule has 1 aliphatic carbocycles. The number of ether oxygens (including phenoxy) is 1. The van der Waals surface area contributed by atoms with Crippen LogP contribution in [0, 0.1) is 0 Å². The Bertz CT molecular complexity index is 1050. The van der Waals surface area contributed by atoms with Crippen molar-refractivity contribution in [3.63, 3.8) is 0 Å². The number of hydrogen-bond donors (Lipinski definition) is 1. The van der Waals surface area contributed by atoms with Crippen molar-refractivity contribution in [1.82, 2.24) is 15.0 Å². The van der Waals surface area contributed by atoms with Crippen molar-refractivity contribution < 1.29 is 9.53 Å². The maximum Gasteiger partial charge on any atom is 0.254 e. The number of rotatable bonds is 3. The minimum atomic E-state index is -0.154. The summed E-state index contributed by atoms with van der Waals surface area (Å²) in [5.74, 6) is 0.591. The van der Waals surface area contributed by atoms with E-state index in [0.717, 1.165) is 40.8 Å². The molecule has 1 saturated carbocycles. The smallest absolute Gasteiger partial charge is 0.254 e. The molecule has 136 valence electrons. The Morgan fingerprint density at radius 3 is 2.81 bits per heavy atom. The van der Waals surface area contributed by atoms with Crippen LogP contribution in [0.1, 0.15) is 18.5 Å². The fraction of sp³-hybridized carbons (Fsp3) is 0.300. The molecule has 2 aliphatic rings. The molecule has 7 heteroatoms. The van der Waals surface area contributed by atoms with Gasteiger partial charge in [-0.25, -0.2) is 9.97 Å². The molecule has 0 aromatic carbocycles. The number of amides is 1. The number of hydrogen-bond acceptors (Lipinski definition) is 6. The van der Waals surface area contributed by atoms with Crippen molar-refractivity contribution in [3.8, 4) is 11.4 Å². The third-order valence-corrected chi connectivity index (χ3v) is 5.17. The molecule has 0 unspecified atom stereocenters. The maximum absolute atomic E-state index is 12.3. The first kappa shape index (κ1) is 16.3. The second-order valence-electron chi connectivity index (χ2n) is 7.10. The van der Waals surface area contributed by atoms with Gasteiger partial charge < -0.3 is 10.5 Å². The van der Waals surface area contributed by atoms with Gasteiger partial charge in [-0.2, -0.15) is 0 Å². The molecule has 0 atom stereocenters. The van der Waals surface area contributed by atoms with Crippen LogP contribution in [0.4, 0.5) is 5.82 Å². The minimum Gasteiger partial charge on any atom is -0.363 e.